The molecule has 8 heteroatoms. The summed E-state index contributed by atoms with van der Waals surface area (Å²) < 4.78 is 6.29. The molecule has 168 valence electrons. The number of fused-ring (bicyclic) bond motifs is 1. The Morgan fingerprint density at radius 1 is 1.12 bits per heavy atom. The van der Waals surface area contributed by atoms with Gasteiger partial charge in [0.25, 0.3) is 5.56 Å². The maximum Gasteiger partial charge on any atom is 0.338 e. The average Bonchev–Trinajstić information content (AvgIpc) is 3.21. The van der Waals surface area contributed by atoms with Gasteiger partial charge in [-0.15, -0.1) is 11.3 Å². The fourth-order valence-corrected chi connectivity index (χ4v) is 4.59. The number of hydrogen-bond acceptors (Lipinski definition) is 6. The lowest BCUT2D eigenvalue weighted by Gasteiger charge is -2.10. The number of hydrogen-bond donors (Lipinski definition) is 1. The van der Waals surface area contributed by atoms with E-state index in [1.54, 1.807) is 25.1 Å². The van der Waals surface area contributed by atoms with Gasteiger partial charge in [0.15, 0.2) is 0 Å². The maximum atomic E-state index is 13.3. The van der Waals surface area contributed by atoms with Crippen molar-refractivity contribution in [2.75, 3.05) is 11.9 Å². The third kappa shape index (κ3) is 4.70. The quantitative estimate of drug-likeness (QED) is 0.425. The van der Waals surface area contributed by atoms with Crippen molar-refractivity contribution in [2.45, 2.75) is 27.3 Å². The van der Waals surface area contributed by atoms with E-state index in [0.29, 0.717) is 21.5 Å². The van der Waals surface area contributed by atoms with Gasteiger partial charge < -0.3 is 10.1 Å². The molecule has 4 rings (SSSR count). The summed E-state index contributed by atoms with van der Waals surface area (Å²) in [4.78, 5) is 42.9. The summed E-state index contributed by atoms with van der Waals surface area (Å²) in [6, 6.07) is 12.6. The van der Waals surface area contributed by atoms with Crippen molar-refractivity contribution in [1.82, 2.24) is 9.55 Å². The van der Waals surface area contributed by atoms with E-state index in [-0.39, 0.29) is 18.7 Å². The number of carbonyl (C=O) groups excluding carboxylic acids is 2. The van der Waals surface area contributed by atoms with E-state index in [9.17, 15) is 14.4 Å². The van der Waals surface area contributed by atoms with Gasteiger partial charge in [-0.3, -0.25) is 14.2 Å². The zero-order valence-corrected chi connectivity index (χ0v) is 19.4. The van der Waals surface area contributed by atoms with E-state index in [1.165, 1.54) is 28.3 Å². The number of benzene rings is 2. The zero-order chi connectivity index (χ0) is 23.5. The van der Waals surface area contributed by atoms with Crippen molar-refractivity contribution < 1.29 is 14.3 Å². The Balaban J connectivity index is 1.60. The first-order chi connectivity index (χ1) is 15.9. The molecule has 0 radical (unpaired) electrons. The molecule has 0 unspecified atom stereocenters. The summed E-state index contributed by atoms with van der Waals surface area (Å²) in [6.45, 7) is 5.83. The lowest BCUT2D eigenvalue weighted by Crippen LogP contribution is -2.27. The summed E-state index contributed by atoms with van der Waals surface area (Å²) in [5.41, 5.74) is 4.53. The molecule has 0 saturated heterocycles. The second-order valence-electron chi connectivity index (χ2n) is 7.67. The van der Waals surface area contributed by atoms with Gasteiger partial charge >= 0.3 is 5.97 Å². The molecule has 7 nitrogen and oxygen atoms in total. The van der Waals surface area contributed by atoms with Crippen LogP contribution in [0.15, 0.2) is 59.0 Å². The number of nitrogens with one attached hydrogen (secondary N) is 1. The number of amides is 1. The average molecular weight is 462 g/mol. The van der Waals surface area contributed by atoms with Gasteiger partial charge in [-0.25, -0.2) is 9.78 Å². The molecule has 2 aromatic heterocycles. The molecule has 0 aliphatic heterocycles. The number of rotatable bonds is 6. The Labute approximate surface area is 194 Å². The Kier molecular flexibility index (Phi) is 6.37. The molecule has 2 heterocycles. The maximum absolute atomic E-state index is 13.3. The number of nitrogens with zero attached hydrogens (tertiary/aromatic N) is 2. The minimum atomic E-state index is -0.462. The van der Waals surface area contributed by atoms with Crippen LogP contribution in [0, 0.1) is 13.8 Å². The fraction of sp³-hybridized carbons (Fsp3) is 0.200. The molecule has 0 spiro atoms. The number of esters is 1. The molecule has 0 saturated carbocycles. The molecule has 4 aromatic rings. The number of aromatic nitrogens is 2. The minimum Gasteiger partial charge on any atom is -0.462 e. The van der Waals surface area contributed by atoms with Crippen LogP contribution in [-0.2, 0) is 16.1 Å². The van der Waals surface area contributed by atoms with Crippen LogP contribution in [0.1, 0.15) is 28.4 Å². The Bertz CT molecular complexity index is 1420. The Morgan fingerprint density at radius 2 is 1.94 bits per heavy atom. The molecule has 0 bridgehead atoms. The molecular formula is C25H23N3O4S. The highest BCUT2D eigenvalue weighted by molar-refractivity contribution is 7.17. The van der Waals surface area contributed by atoms with Crippen LogP contribution < -0.4 is 10.9 Å². The summed E-state index contributed by atoms with van der Waals surface area (Å²) in [6.07, 6.45) is 1.39. The van der Waals surface area contributed by atoms with E-state index in [1.807, 2.05) is 31.4 Å². The fourth-order valence-electron chi connectivity index (χ4n) is 3.69. The summed E-state index contributed by atoms with van der Waals surface area (Å²) >= 11 is 1.41. The molecule has 0 atom stereocenters. The van der Waals surface area contributed by atoms with Gasteiger partial charge in [-0.1, -0.05) is 29.8 Å². The normalized spacial score (nSPS) is 10.9. The summed E-state index contributed by atoms with van der Waals surface area (Å²) in [5.74, 6) is -0.863. The minimum absolute atomic E-state index is 0.201. The number of ether oxygens (including phenoxy) is 1. The van der Waals surface area contributed by atoms with Crippen molar-refractivity contribution in [3.8, 4) is 11.1 Å². The molecule has 33 heavy (non-hydrogen) atoms. The molecule has 0 aliphatic rings. The number of carbonyl (C=O) groups is 2. The molecule has 1 N–H and O–H groups in total. The first kappa shape index (κ1) is 22.4. The van der Waals surface area contributed by atoms with E-state index >= 15 is 0 Å². The first-order valence-electron chi connectivity index (χ1n) is 10.5. The van der Waals surface area contributed by atoms with Crippen LogP contribution in [0.2, 0.25) is 0 Å². The van der Waals surface area contributed by atoms with E-state index in [0.717, 1.165) is 22.3 Å². The lowest BCUT2D eigenvalue weighted by atomic mass is 9.99. The van der Waals surface area contributed by atoms with E-state index < -0.39 is 11.9 Å². The van der Waals surface area contributed by atoms with E-state index in [2.05, 4.69) is 16.4 Å². The Morgan fingerprint density at radius 3 is 2.70 bits per heavy atom. The van der Waals surface area contributed by atoms with Gasteiger partial charge in [0, 0.05) is 16.6 Å². The van der Waals surface area contributed by atoms with Crippen LogP contribution >= 0.6 is 11.3 Å². The van der Waals surface area contributed by atoms with Crippen LogP contribution in [0.3, 0.4) is 0 Å². The predicted molar refractivity (Wildman–Crippen MR) is 130 cm³/mol. The van der Waals surface area contributed by atoms with Crippen LogP contribution in [0.5, 0.6) is 0 Å². The van der Waals surface area contributed by atoms with Gasteiger partial charge in [-0.05, 0) is 50.1 Å². The van der Waals surface area contributed by atoms with Gasteiger partial charge in [0.05, 0.1) is 23.9 Å². The highest BCUT2D eigenvalue weighted by Crippen LogP contribution is 2.33. The third-order valence-corrected chi connectivity index (χ3v) is 6.09. The number of aryl methyl sites for hydroxylation is 2. The SMILES string of the molecule is CCOC(=O)c1cccc(NC(=O)Cn2cnc3scc(-c4ccc(C)cc4C)c3c2=O)c1. The molecular weight excluding hydrogens is 438 g/mol. The second kappa shape index (κ2) is 9.38. The van der Waals surface area contributed by atoms with Gasteiger partial charge in [-0.2, -0.15) is 0 Å². The highest BCUT2D eigenvalue weighted by atomic mass is 32.1. The van der Waals surface area contributed by atoms with Crippen LogP contribution in [-0.4, -0.2) is 28.0 Å². The Hall–Kier alpha value is -3.78. The second-order valence-corrected chi connectivity index (χ2v) is 8.53. The van der Waals surface area contributed by atoms with Crippen molar-refractivity contribution in [1.29, 1.82) is 0 Å². The van der Waals surface area contributed by atoms with Gasteiger partial charge in [0.2, 0.25) is 5.91 Å². The number of thiophene rings is 1. The largest absolute Gasteiger partial charge is 0.462 e. The van der Waals surface area contributed by atoms with Crippen molar-refractivity contribution >= 4 is 39.1 Å². The third-order valence-electron chi connectivity index (χ3n) is 5.20. The van der Waals surface area contributed by atoms with Crippen LogP contribution in [0.4, 0.5) is 5.69 Å². The molecule has 1 amide bonds. The van der Waals surface area contributed by atoms with Crippen molar-refractivity contribution in [3.63, 3.8) is 0 Å². The predicted octanol–water partition coefficient (Wildman–Crippen LogP) is 4.56. The molecule has 2 aromatic carbocycles. The lowest BCUT2D eigenvalue weighted by molar-refractivity contribution is -0.116. The molecule has 0 fully saturated rings. The first-order valence-corrected chi connectivity index (χ1v) is 11.4. The molecule has 0 aliphatic carbocycles. The number of anilines is 1. The topological polar surface area (TPSA) is 90.3 Å². The monoisotopic (exact) mass is 461 g/mol. The smallest absolute Gasteiger partial charge is 0.338 e. The zero-order valence-electron chi connectivity index (χ0n) is 18.5. The standard InChI is InChI=1S/C25H23N3O4S/c1-4-32-25(31)17-6-5-7-18(11-17)27-21(29)12-28-14-26-23-22(24(28)30)20(13-33-23)19-9-8-15(2)10-16(19)3/h5-11,13-14H,4,12H2,1-3H3,(H,27,29). The van der Waals surface area contributed by atoms with E-state index in [4.69, 9.17) is 4.74 Å². The summed E-state index contributed by atoms with van der Waals surface area (Å²) in [7, 11) is 0. The van der Waals surface area contributed by atoms with Crippen molar-refractivity contribution in [2.24, 2.45) is 0 Å². The van der Waals surface area contributed by atoms with Gasteiger partial charge in [0.1, 0.15) is 11.4 Å². The van der Waals surface area contributed by atoms with Crippen molar-refractivity contribution in [3.05, 3.63) is 81.2 Å². The summed E-state index contributed by atoms with van der Waals surface area (Å²) in [5, 5.41) is 5.17. The highest BCUT2D eigenvalue weighted by Gasteiger charge is 2.16. The van der Waals surface area contributed by atoms with Crippen LogP contribution in [0.25, 0.3) is 21.3 Å².